The van der Waals surface area contributed by atoms with E-state index in [1.165, 1.54) is 17.4 Å². The first-order valence-electron chi connectivity index (χ1n) is 11.6. The highest BCUT2D eigenvalue weighted by molar-refractivity contribution is 7.91. The van der Waals surface area contributed by atoms with Crippen molar-refractivity contribution in [2.75, 3.05) is 6.26 Å². The summed E-state index contributed by atoms with van der Waals surface area (Å²) >= 11 is 0. The predicted molar refractivity (Wildman–Crippen MR) is 146 cm³/mol. The Balaban J connectivity index is 1.61. The minimum Gasteiger partial charge on any atom is -0.256 e. The molecule has 0 radical (unpaired) electrons. The van der Waals surface area contributed by atoms with E-state index in [4.69, 9.17) is 0 Å². The Labute approximate surface area is 207 Å². The summed E-state index contributed by atoms with van der Waals surface area (Å²) in [5.74, 6) is 0. The number of nitrogens with zero attached hydrogens (tertiary/aromatic N) is 1. The van der Waals surface area contributed by atoms with Gasteiger partial charge in [0.1, 0.15) is 0 Å². The first-order valence-corrected chi connectivity index (χ1v) is 13.5. The van der Waals surface area contributed by atoms with Crippen LogP contribution in [0.5, 0.6) is 0 Å². The van der Waals surface area contributed by atoms with E-state index < -0.39 is 14.6 Å². The number of benzene rings is 4. The maximum absolute atomic E-state index is 12.6. The van der Waals surface area contributed by atoms with Gasteiger partial charge in [-0.05, 0) is 71.5 Å². The highest BCUT2D eigenvalue weighted by atomic mass is 32.2. The van der Waals surface area contributed by atoms with Gasteiger partial charge in [0.25, 0.3) is 0 Å². The molecule has 0 spiro atoms. The van der Waals surface area contributed by atoms with Gasteiger partial charge in [-0.25, -0.2) is 8.42 Å². The summed E-state index contributed by atoms with van der Waals surface area (Å²) in [4.78, 5) is 4.64. The second-order valence-electron chi connectivity index (χ2n) is 9.41. The van der Waals surface area contributed by atoms with Crippen LogP contribution in [0.25, 0.3) is 44.3 Å². The molecule has 0 atom stereocenters. The molecule has 0 amide bonds. The lowest BCUT2D eigenvalue weighted by atomic mass is 9.92. The van der Waals surface area contributed by atoms with Crippen LogP contribution in [0, 0.1) is 0 Å². The Bertz CT molecular complexity index is 1620. The van der Waals surface area contributed by atoms with E-state index >= 15 is 0 Å². The van der Waals surface area contributed by atoms with Gasteiger partial charge in [0.2, 0.25) is 0 Å². The maximum Gasteiger partial charge on any atom is 0.156 e. The number of sulfone groups is 1. The van der Waals surface area contributed by atoms with Crippen molar-refractivity contribution in [3.63, 3.8) is 0 Å². The quantitative estimate of drug-likeness (QED) is 0.263. The van der Waals surface area contributed by atoms with Crippen molar-refractivity contribution in [1.82, 2.24) is 4.98 Å². The van der Waals surface area contributed by atoms with Crippen molar-refractivity contribution in [2.45, 2.75) is 18.6 Å². The summed E-state index contributed by atoms with van der Waals surface area (Å²) < 4.78 is 24.2. The molecule has 0 aliphatic heterocycles. The molecule has 0 aliphatic rings. The van der Waals surface area contributed by atoms with E-state index in [-0.39, 0.29) is 0 Å². The predicted octanol–water partition coefficient (Wildman–Crippen LogP) is 7.52. The SMILES string of the molecule is CC(C)(c1cc(-c2cccc(-c3ccc(-c4ccccc4)cc3)c2)c2ncccc2c1)S(C)(=O)=O. The normalized spacial score (nSPS) is 12.1. The lowest BCUT2D eigenvalue weighted by molar-refractivity contribution is 0.561. The van der Waals surface area contributed by atoms with E-state index in [0.29, 0.717) is 0 Å². The van der Waals surface area contributed by atoms with E-state index in [9.17, 15) is 8.42 Å². The van der Waals surface area contributed by atoms with Crippen molar-refractivity contribution < 1.29 is 8.42 Å². The van der Waals surface area contributed by atoms with E-state index in [2.05, 4.69) is 59.6 Å². The van der Waals surface area contributed by atoms with Gasteiger partial charge in [-0.15, -0.1) is 0 Å². The summed E-state index contributed by atoms with van der Waals surface area (Å²) in [5.41, 5.74) is 8.13. The molecule has 0 saturated heterocycles. The molecule has 3 nitrogen and oxygen atoms in total. The summed E-state index contributed by atoms with van der Waals surface area (Å²) in [5, 5.41) is 0.925. The zero-order valence-electron chi connectivity index (χ0n) is 20.1. The molecule has 4 aromatic carbocycles. The molecule has 4 heteroatoms. The Hall–Kier alpha value is -3.76. The fraction of sp³-hybridized carbons (Fsp3) is 0.129. The topological polar surface area (TPSA) is 47.0 Å². The minimum atomic E-state index is -3.32. The monoisotopic (exact) mass is 477 g/mol. The molecule has 35 heavy (non-hydrogen) atoms. The standard InChI is InChI=1S/C31H27NO2S/c1-31(2,35(3,33)34)28-20-27-13-8-18-32-30(27)29(21-28)26-12-7-11-25(19-26)24-16-14-23(15-17-24)22-9-5-4-6-10-22/h4-21H,1-3H3. The van der Waals surface area contributed by atoms with E-state index in [0.717, 1.165) is 38.7 Å². The number of hydrogen-bond donors (Lipinski definition) is 0. The summed E-state index contributed by atoms with van der Waals surface area (Å²) in [7, 11) is -3.32. The Morgan fingerprint density at radius 2 is 1.23 bits per heavy atom. The van der Waals surface area contributed by atoms with Gasteiger partial charge in [0.05, 0.1) is 10.3 Å². The first kappa shape index (κ1) is 23.0. The van der Waals surface area contributed by atoms with E-state index in [1.54, 1.807) is 20.0 Å². The zero-order chi connectivity index (χ0) is 24.6. The summed E-state index contributed by atoms with van der Waals surface area (Å²) in [6.07, 6.45) is 3.07. The van der Waals surface area contributed by atoms with Crippen LogP contribution < -0.4 is 0 Å². The van der Waals surface area contributed by atoms with Crippen LogP contribution in [0.1, 0.15) is 19.4 Å². The van der Waals surface area contributed by atoms with Crippen LogP contribution >= 0.6 is 0 Å². The minimum absolute atomic E-state index is 0.758. The van der Waals surface area contributed by atoms with Gasteiger partial charge in [-0.2, -0.15) is 0 Å². The average molecular weight is 478 g/mol. The smallest absolute Gasteiger partial charge is 0.156 e. The van der Waals surface area contributed by atoms with Crippen LogP contribution in [0.15, 0.2) is 109 Å². The molecule has 5 aromatic rings. The lowest BCUT2D eigenvalue weighted by Gasteiger charge is -2.24. The Morgan fingerprint density at radius 3 is 1.91 bits per heavy atom. The molecule has 0 fully saturated rings. The van der Waals surface area contributed by atoms with Crippen molar-refractivity contribution in [3.8, 4) is 33.4 Å². The maximum atomic E-state index is 12.6. The van der Waals surface area contributed by atoms with E-state index in [1.807, 2.05) is 48.5 Å². The van der Waals surface area contributed by atoms with Gasteiger partial charge in [-0.3, -0.25) is 4.98 Å². The largest absolute Gasteiger partial charge is 0.256 e. The number of fused-ring (bicyclic) bond motifs is 1. The molecule has 0 aliphatic carbocycles. The van der Waals surface area contributed by atoms with Gasteiger partial charge in [0, 0.05) is 23.4 Å². The van der Waals surface area contributed by atoms with Gasteiger partial charge in [-0.1, -0.05) is 78.9 Å². The molecule has 1 aromatic heterocycles. The zero-order valence-corrected chi connectivity index (χ0v) is 20.9. The lowest BCUT2D eigenvalue weighted by Crippen LogP contribution is -2.28. The molecule has 5 rings (SSSR count). The second kappa shape index (κ2) is 8.79. The van der Waals surface area contributed by atoms with Crippen LogP contribution in [-0.4, -0.2) is 19.7 Å². The number of aromatic nitrogens is 1. The third-order valence-corrected chi connectivity index (χ3v) is 8.92. The Morgan fingerprint density at radius 1 is 0.629 bits per heavy atom. The third-order valence-electron chi connectivity index (χ3n) is 6.83. The second-order valence-corrected chi connectivity index (χ2v) is 12.0. The summed E-state index contributed by atoms with van der Waals surface area (Å²) in [6, 6.07) is 35.0. The van der Waals surface area contributed by atoms with Crippen molar-refractivity contribution in [1.29, 1.82) is 0 Å². The fourth-order valence-corrected chi connectivity index (χ4v) is 4.87. The van der Waals surface area contributed by atoms with Crippen LogP contribution in [0.4, 0.5) is 0 Å². The highest BCUT2D eigenvalue weighted by Crippen LogP contribution is 2.37. The number of pyridine rings is 1. The molecule has 0 saturated carbocycles. The molecular weight excluding hydrogens is 450 g/mol. The first-order chi connectivity index (χ1) is 16.7. The van der Waals surface area contributed by atoms with Crippen molar-refractivity contribution in [2.24, 2.45) is 0 Å². The number of hydrogen-bond acceptors (Lipinski definition) is 3. The molecule has 1 heterocycles. The third kappa shape index (κ3) is 4.38. The molecular formula is C31H27NO2S. The average Bonchev–Trinajstić information content (AvgIpc) is 2.88. The van der Waals surface area contributed by atoms with Gasteiger partial charge >= 0.3 is 0 Å². The van der Waals surface area contributed by atoms with Crippen molar-refractivity contribution in [3.05, 3.63) is 115 Å². The van der Waals surface area contributed by atoms with Crippen LogP contribution in [0.2, 0.25) is 0 Å². The van der Waals surface area contributed by atoms with Crippen LogP contribution in [0.3, 0.4) is 0 Å². The van der Waals surface area contributed by atoms with Crippen LogP contribution in [-0.2, 0) is 14.6 Å². The summed E-state index contributed by atoms with van der Waals surface area (Å²) in [6.45, 7) is 3.52. The number of rotatable bonds is 5. The van der Waals surface area contributed by atoms with Gasteiger partial charge < -0.3 is 0 Å². The Kier molecular flexibility index (Phi) is 5.78. The van der Waals surface area contributed by atoms with Crippen molar-refractivity contribution >= 4 is 20.7 Å². The fourth-order valence-electron chi connectivity index (χ4n) is 4.33. The highest BCUT2D eigenvalue weighted by Gasteiger charge is 2.33. The van der Waals surface area contributed by atoms with Gasteiger partial charge in [0.15, 0.2) is 9.84 Å². The molecule has 174 valence electrons. The molecule has 0 N–H and O–H groups in total. The molecule has 0 bridgehead atoms. The molecule has 0 unspecified atom stereocenters.